The van der Waals surface area contributed by atoms with Crippen molar-refractivity contribution in [3.63, 3.8) is 0 Å². The highest BCUT2D eigenvalue weighted by molar-refractivity contribution is 7.99. The van der Waals surface area contributed by atoms with E-state index >= 15 is 0 Å². The molecule has 0 aliphatic carbocycles. The van der Waals surface area contributed by atoms with Gasteiger partial charge in [0.05, 0.1) is 0 Å². The van der Waals surface area contributed by atoms with Crippen LogP contribution < -0.4 is 5.32 Å². The van der Waals surface area contributed by atoms with Crippen molar-refractivity contribution in [2.24, 2.45) is 0 Å². The summed E-state index contributed by atoms with van der Waals surface area (Å²) in [7, 11) is 0. The molecule has 0 heterocycles. The zero-order chi connectivity index (χ0) is 10.1. The van der Waals surface area contributed by atoms with Crippen LogP contribution in [0.2, 0.25) is 0 Å². The minimum absolute atomic E-state index is 0.745. The standard InChI is InChI=1S/C11H25NS/c1-5-7-8-11(6-2)12-9-10(3)13-4/h10-12H,5-9H2,1-4H3. The molecule has 0 saturated carbocycles. The van der Waals surface area contributed by atoms with Gasteiger partial charge in [0, 0.05) is 17.8 Å². The highest BCUT2D eigenvalue weighted by atomic mass is 32.2. The van der Waals surface area contributed by atoms with Gasteiger partial charge >= 0.3 is 0 Å². The first-order chi connectivity index (χ1) is 6.24. The maximum Gasteiger partial charge on any atom is 0.0141 e. The first-order valence-electron chi connectivity index (χ1n) is 5.50. The van der Waals surface area contributed by atoms with Crippen molar-refractivity contribution in [1.82, 2.24) is 5.32 Å². The lowest BCUT2D eigenvalue weighted by Crippen LogP contribution is -2.33. The normalized spacial score (nSPS) is 15.7. The molecule has 80 valence electrons. The van der Waals surface area contributed by atoms with Crippen molar-refractivity contribution in [3.05, 3.63) is 0 Å². The van der Waals surface area contributed by atoms with Gasteiger partial charge in [-0.15, -0.1) is 0 Å². The highest BCUT2D eigenvalue weighted by Gasteiger charge is 2.06. The van der Waals surface area contributed by atoms with Crippen LogP contribution in [0.15, 0.2) is 0 Å². The van der Waals surface area contributed by atoms with E-state index in [4.69, 9.17) is 0 Å². The smallest absolute Gasteiger partial charge is 0.0141 e. The first-order valence-corrected chi connectivity index (χ1v) is 6.79. The number of rotatable bonds is 8. The van der Waals surface area contributed by atoms with Crippen LogP contribution in [0.1, 0.15) is 46.5 Å². The van der Waals surface area contributed by atoms with Crippen LogP contribution in [-0.2, 0) is 0 Å². The van der Waals surface area contributed by atoms with Crippen molar-refractivity contribution in [2.75, 3.05) is 12.8 Å². The maximum absolute atomic E-state index is 3.63. The van der Waals surface area contributed by atoms with E-state index in [0.29, 0.717) is 0 Å². The summed E-state index contributed by atoms with van der Waals surface area (Å²) in [6.07, 6.45) is 7.46. The molecule has 0 aromatic heterocycles. The van der Waals surface area contributed by atoms with Crippen molar-refractivity contribution in [1.29, 1.82) is 0 Å². The Balaban J connectivity index is 3.46. The van der Waals surface area contributed by atoms with Crippen molar-refractivity contribution in [3.8, 4) is 0 Å². The molecule has 1 nitrogen and oxygen atoms in total. The topological polar surface area (TPSA) is 12.0 Å². The fraction of sp³-hybridized carbons (Fsp3) is 1.00. The second-order valence-electron chi connectivity index (χ2n) is 3.70. The van der Waals surface area contributed by atoms with Crippen molar-refractivity contribution < 1.29 is 0 Å². The molecule has 0 fully saturated rings. The van der Waals surface area contributed by atoms with Gasteiger partial charge in [-0.2, -0.15) is 11.8 Å². The van der Waals surface area contributed by atoms with Gasteiger partial charge in [0.1, 0.15) is 0 Å². The minimum atomic E-state index is 0.745. The minimum Gasteiger partial charge on any atom is -0.313 e. The van der Waals surface area contributed by atoms with E-state index in [9.17, 15) is 0 Å². The Labute approximate surface area is 88.1 Å². The number of thioether (sulfide) groups is 1. The van der Waals surface area contributed by atoms with Crippen LogP contribution >= 0.6 is 11.8 Å². The third-order valence-corrected chi connectivity index (χ3v) is 3.47. The first kappa shape index (κ1) is 13.3. The highest BCUT2D eigenvalue weighted by Crippen LogP contribution is 2.07. The molecule has 0 spiro atoms. The summed E-state index contributed by atoms with van der Waals surface area (Å²) in [5.41, 5.74) is 0. The molecule has 0 rings (SSSR count). The molecule has 0 aromatic rings. The fourth-order valence-electron chi connectivity index (χ4n) is 1.32. The number of hydrogen-bond donors (Lipinski definition) is 1. The van der Waals surface area contributed by atoms with Crippen LogP contribution in [0.5, 0.6) is 0 Å². The monoisotopic (exact) mass is 203 g/mol. The molecule has 2 atom stereocenters. The molecule has 0 aliphatic heterocycles. The summed E-state index contributed by atoms with van der Waals surface area (Å²) in [6, 6.07) is 0.745. The Bertz CT molecular complexity index is 106. The molecule has 13 heavy (non-hydrogen) atoms. The zero-order valence-corrected chi connectivity index (χ0v) is 10.4. The number of hydrogen-bond acceptors (Lipinski definition) is 2. The van der Waals surface area contributed by atoms with Gasteiger partial charge in [0.25, 0.3) is 0 Å². The van der Waals surface area contributed by atoms with Gasteiger partial charge in [-0.1, -0.05) is 33.6 Å². The lowest BCUT2D eigenvalue weighted by atomic mass is 10.1. The van der Waals surface area contributed by atoms with E-state index in [0.717, 1.165) is 17.8 Å². The number of nitrogens with one attached hydrogen (secondary N) is 1. The molecule has 0 aromatic carbocycles. The van der Waals surface area contributed by atoms with Gasteiger partial charge in [-0.05, 0) is 19.1 Å². The van der Waals surface area contributed by atoms with Gasteiger partial charge in [0.15, 0.2) is 0 Å². The molecular weight excluding hydrogens is 178 g/mol. The predicted octanol–water partition coefficient (Wildman–Crippen LogP) is 3.30. The lowest BCUT2D eigenvalue weighted by Gasteiger charge is -2.18. The van der Waals surface area contributed by atoms with E-state index in [2.05, 4.69) is 32.3 Å². The van der Waals surface area contributed by atoms with E-state index in [-0.39, 0.29) is 0 Å². The lowest BCUT2D eigenvalue weighted by molar-refractivity contribution is 0.456. The van der Waals surface area contributed by atoms with Gasteiger partial charge < -0.3 is 5.32 Å². The quantitative estimate of drug-likeness (QED) is 0.649. The Morgan fingerprint density at radius 3 is 2.46 bits per heavy atom. The largest absolute Gasteiger partial charge is 0.313 e. The maximum atomic E-state index is 3.63. The Morgan fingerprint density at radius 2 is 2.00 bits per heavy atom. The predicted molar refractivity (Wildman–Crippen MR) is 64.6 cm³/mol. The third kappa shape index (κ3) is 7.39. The molecule has 0 aliphatic rings. The fourth-order valence-corrected chi connectivity index (χ4v) is 1.58. The SMILES string of the molecule is CCCCC(CC)NCC(C)SC. The van der Waals surface area contributed by atoms with E-state index < -0.39 is 0 Å². The molecule has 0 amide bonds. The third-order valence-electron chi connectivity index (χ3n) is 2.50. The second kappa shape index (κ2) is 8.89. The zero-order valence-electron chi connectivity index (χ0n) is 9.60. The molecule has 1 N–H and O–H groups in total. The summed E-state index contributed by atoms with van der Waals surface area (Å²) in [5.74, 6) is 0. The van der Waals surface area contributed by atoms with Crippen molar-refractivity contribution in [2.45, 2.75) is 57.7 Å². The van der Waals surface area contributed by atoms with Crippen LogP contribution in [0.3, 0.4) is 0 Å². The van der Waals surface area contributed by atoms with E-state index in [1.807, 2.05) is 11.8 Å². The Hall–Kier alpha value is 0.310. The van der Waals surface area contributed by atoms with Crippen LogP contribution in [0, 0.1) is 0 Å². The summed E-state index contributed by atoms with van der Waals surface area (Å²) in [6.45, 7) is 7.97. The summed E-state index contributed by atoms with van der Waals surface area (Å²) < 4.78 is 0. The molecule has 2 unspecified atom stereocenters. The van der Waals surface area contributed by atoms with Crippen molar-refractivity contribution >= 4 is 11.8 Å². The molecule has 0 radical (unpaired) electrons. The van der Waals surface area contributed by atoms with Gasteiger partial charge in [-0.3, -0.25) is 0 Å². The Morgan fingerprint density at radius 1 is 1.31 bits per heavy atom. The summed E-state index contributed by atoms with van der Waals surface area (Å²) in [5, 5.41) is 4.38. The Kier molecular flexibility index (Phi) is 9.10. The van der Waals surface area contributed by atoms with E-state index in [1.54, 1.807) is 0 Å². The van der Waals surface area contributed by atoms with Gasteiger partial charge in [-0.25, -0.2) is 0 Å². The average Bonchev–Trinajstić information content (AvgIpc) is 2.17. The van der Waals surface area contributed by atoms with Crippen LogP contribution in [-0.4, -0.2) is 24.1 Å². The molecule has 0 bridgehead atoms. The van der Waals surface area contributed by atoms with E-state index in [1.165, 1.54) is 25.7 Å². The molecule has 2 heteroatoms. The van der Waals surface area contributed by atoms with Gasteiger partial charge in [0.2, 0.25) is 0 Å². The summed E-state index contributed by atoms with van der Waals surface area (Å²) >= 11 is 1.94. The summed E-state index contributed by atoms with van der Waals surface area (Å²) in [4.78, 5) is 0. The molecular formula is C11H25NS. The molecule has 0 saturated heterocycles. The number of unbranched alkanes of at least 4 members (excludes halogenated alkanes) is 1. The van der Waals surface area contributed by atoms with Crippen LogP contribution in [0.25, 0.3) is 0 Å². The van der Waals surface area contributed by atoms with Crippen LogP contribution in [0.4, 0.5) is 0 Å². The average molecular weight is 203 g/mol. The second-order valence-corrected chi connectivity index (χ2v) is 4.98.